The number of hydrogen-bond donors (Lipinski definition) is 1. The Morgan fingerprint density at radius 2 is 1.79 bits per heavy atom. The lowest BCUT2D eigenvalue weighted by atomic mass is 10.1. The minimum atomic E-state index is -0.610. The highest BCUT2D eigenvalue weighted by Gasteiger charge is 2.23. The summed E-state index contributed by atoms with van der Waals surface area (Å²) in [5.74, 6) is -1.13. The first-order chi connectivity index (χ1) is 13.7. The van der Waals surface area contributed by atoms with Crippen LogP contribution in [0.2, 0.25) is 5.02 Å². The monoisotopic (exact) mass is 430 g/mol. The molecule has 2 aromatic heterocycles. The van der Waals surface area contributed by atoms with Gasteiger partial charge < -0.3 is 9.72 Å². The smallest absolute Gasteiger partial charge is 0.350 e. The number of aryl methyl sites for hydroxylation is 2. The van der Waals surface area contributed by atoms with E-state index < -0.39 is 18.4 Å². The molecule has 0 amide bonds. The fourth-order valence-electron chi connectivity index (χ4n) is 3.13. The number of ketones is 2. The maximum Gasteiger partial charge on any atom is 0.350 e. The molecule has 8 heteroatoms. The van der Waals surface area contributed by atoms with E-state index in [-0.39, 0.29) is 11.5 Å². The molecule has 1 N–H and O–H groups in total. The normalized spacial score (nSPS) is 10.8. The Morgan fingerprint density at radius 1 is 1.14 bits per heavy atom. The fraction of sp³-hybridized carbons (Fsp3) is 0.238. The number of carbonyl (C=O) groups is 3. The Balaban J connectivity index is 1.73. The van der Waals surface area contributed by atoms with Gasteiger partial charge in [-0.05, 0) is 45.4 Å². The molecule has 3 aromatic rings. The summed E-state index contributed by atoms with van der Waals surface area (Å²) in [6.45, 7) is 6.16. The summed E-state index contributed by atoms with van der Waals surface area (Å²) in [6.07, 6.45) is 0. The van der Waals surface area contributed by atoms with Crippen molar-refractivity contribution in [1.82, 2.24) is 9.97 Å². The molecule has 150 valence electrons. The van der Waals surface area contributed by atoms with Gasteiger partial charge in [0.05, 0.1) is 11.4 Å². The predicted octanol–water partition coefficient (Wildman–Crippen LogP) is 4.96. The first-order valence-electron chi connectivity index (χ1n) is 8.82. The number of nitrogens with one attached hydrogen (secondary N) is 1. The van der Waals surface area contributed by atoms with Crippen molar-refractivity contribution >= 4 is 40.5 Å². The highest BCUT2D eigenvalue weighted by molar-refractivity contribution is 7.17. The van der Waals surface area contributed by atoms with Gasteiger partial charge in [-0.3, -0.25) is 9.59 Å². The van der Waals surface area contributed by atoms with Crippen molar-refractivity contribution in [3.05, 3.63) is 62.4 Å². The van der Waals surface area contributed by atoms with E-state index in [1.807, 2.05) is 12.1 Å². The van der Waals surface area contributed by atoms with Gasteiger partial charge in [0.1, 0.15) is 9.88 Å². The van der Waals surface area contributed by atoms with E-state index >= 15 is 0 Å². The van der Waals surface area contributed by atoms with Crippen molar-refractivity contribution in [3.8, 4) is 10.6 Å². The molecule has 0 radical (unpaired) electrons. The van der Waals surface area contributed by atoms with Gasteiger partial charge in [0, 0.05) is 21.8 Å². The summed E-state index contributed by atoms with van der Waals surface area (Å²) in [4.78, 5) is 44.4. The second kappa shape index (κ2) is 8.31. The highest BCUT2D eigenvalue weighted by Crippen LogP contribution is 2.29. The lowest BCUT2D eigenvalue weighted by Crippen LogP contribution is -2.15. The number of thiazole rings is 1. The lowest BCUT2D eigenvalue weighted by Gasteiger charge is -2.03. The molecule has 0 bridgehead atoms. The van der Waals surface area contributed by atoms with E-state index in [0.29, 0.717) is 37.4 Å². The quantitative estimate of drug-likeness (QED) is 0.441. The molecule has 0 saturated carbocycles. The molecule has 0 atom stereocenters. The summed E-state index contributed by atoms with van der Waals surface area (Å²) in [6, 6.07) is 7.14. The van der Waals surface area contributed by atoms with E-state index in [0.717, 1.165) is 5.56 Å². The molecule has 0 fully saturated rings. The topological polar surface area (TPSA) is 89.1 Å². The van der Waals surface area contributed by atoms with Crippen molar-refractivity contribution < 1.29 is 19.1 Å². The molecule has 0 saturated heterocycles. The number of Topliss-reactive ketones (excluding diaryl/α,β-unsaturated/α-hetero) is 2. The van der Waals surface area contributed by atoms with Crippen LogP contribution < -0.4 is 0 Å². The van der Waals surface area contributed by atoms with Gasteiger partial charge in [-0.2, -0.15) is 0 Å². The van der Waals surface area contributed by atoms with Gasteiger partial charge in [0.25, 0.3) is 0 Å². The van der Waals surface area contributed by atoms with Crippen LogP contribution in [0, 0.1) is 20.8 Å². The Morgan fingerprint density at radius 3 is 2.38 bits per heavy atom. The number of benzene rings is 1. The van der Waals surface area contributed by atoms with Crippen LogP contribution in [0.5, 0.6) is 0 Å². The van der Waals surface area contributed by atoms with E-state index in [1.54, 1.807) is 32.9 Å². The minimum Gasteiger partial charge on any atom is -0.453 e. The maximum absolute atomic E-state index is 12.5. The van der Waals surface area contributed by atoms with Crippen molar-refractivity contribution in [2.75, 3.05) is 6.61 Å². The Labute approximate surface area is 176 Å². The van der Waals surface area contributed by atoms with Crippen LogP contribution in [0.1, 0.15) is 54.4 Å². The molecule has 3 rings (SSSR count). The molecule has 0 aliphatic carbocycles. The van der Waals surface area contributed by atoms with Crippen LogP contribution in [0.25, 0.3) is 10.6 Å². The summed E-state index contributed by atoms with van der Waals surface area (Å²) >= 11 is 7.10. The first kappa shape index (κ1) is 21.0. The first-order valence-corrected chi connectivity index (χ1v) is 10.0. The maximum atomic E-state index is 12.5. The van der Waals surface area contributed by atoms with Crippen LogP contribution in [-0.2, 0) is 4.74 Å². The number of aromatic amines is 1. The number of carbonyl (C=O) groups excluding carboxylic acids is 3. The van der Waals surface area contributed by atoms with Crippen molar-refractivity contribution in [3.63, 3.8) is 0 Å². The highest BCUT2D eigenvalue weighted by atomic mass is 35.5. The minimum absolute atomic E-state index is 0.123. The zero-order chi connectivity index (χ0) is 21.3. The second-order valence-corrected chi connectivity index (χ2v) is 8.06. The molecule has 6 nitrogen and oxygen atoms in total. The third kappa shape index (κ3) is 4.31. The number of rotatable bonds is 6. The average molecular weight is 431 g/mol. The van der Waals surface area contributed by atoms with Gasteiger partial charge in [0.15, 0.2) is 12.4 Å². The number of hydrogen-bond acceptors (Lipinski definition) is 6. The molecule has 0 aliphatic heterocycles. The summed E-state index contributed by atoms with van der Waals surface area (Å²) in [5, 5.41) is 1.28. The number of H-pyrrole nitrogens is 1. The second-order valence-electron chi connectivity index (χ2n) is 6.62. The predicted molar refractivity (Wildman–Crippen MR) is 112 cm³/mol. The summed E-state index contributed by atoms with van der Waals surface area (Å²) in [5.41, 5.74) is 3.33. The van der Waals surface area contributed by atoms with Crippen LogP contribution in [0.15, 0.2) is 24.3 Å². The Kier molecular flexibility index (Phi) is 6.00. The van der Waals surface area contributed by atoms with Gasteiger partial charge in [0.2, 0.25) is 5.78 Å². The third-order valence-electron chi connectivity index (χ3n) is 4.48. The number of halogens is 1. The third-order valence-corrected chi connectivity index (χ3v) is 5.91. The molecule has 0 unspecified atom stereocenters. The van der Waals surface area contributed by atoms with Gasteiger partial charge in [-0.25, -0.2) is 9.78 Å². The van der Waals surface area contributed by atoms with Crippen LogP contribution in [0.4, 0.5) is 0 Å². The Bertz CT molecular complexity index is 1110. The van der Waals surface area contributed by atoms with Crippen LogP contribution in [-0.4, -0.2) is 34.1 Å². The van der Waals surface area contributed by atoms with Gasteiger partial charge >= 0.3 is 5.97 Å². The Hall–Kier alpha value is -2.77. The number of aromatic nitrogens is 2. The van der Waals surface area contributed by atoms with Crippen LogP contribution in [0.3, 0.4) is 0 Å². The lowest BCUT2D eigenvalue weighted by molar-refractivity contribution is 0.0477. The van der Waals surface area contributed by atoms with Gasteiger partial charge in [-0.1, -0.05) is 23.7 Å². The summed E-state index contributed by atoms with van der Waals surface area (Å²) in [7, 11) is 0. The number of nitrogens with zero attached hydrogens (tertiary/aromatic N) is 1. The van der Waals surface area contributed by atoms with Crippen molar-refractivity contribution in [1.29, 1.82) is 0 Å². The molecule has 29 heavy (non-hydrogen) atoms. The average Bonchev–Trinajstić information content (AvgIpc) is 3.19. The zero-order valence-corrected chi connectivity index (χ0v) is 18.0. The van der Waals surface area contributed by atoms with E-state index in [4.69, 9.17) is 16.3 Å². The fourth-order valence-corrected chi connectivity index (χ4v) is 4.22. The molecule has 1 aromatic carbocycles. The zero-order valence-electron chi connectivity index (χ0n) is 16.4. The van der Waals surface area contributed by atoms with Crippen molar-refractivity contribution in [2.45, 2.75) is 27.7 Å². The number of esters is 1. The molecule has 0 aliphatic rings. The molecule has 0 spiro atoms. The van der Waals surface area contributed by atoms with Crippen LogP contribution >= 0.6 is 22.9 Å². The molecular weight excluding hydrogens is 412 g/mol. The SMILES string of the molecule is CC(=O)c1c(C)[nH]c(C(=O)COC(=O)c2sc(-c3ccc(Cl)cc3)nc2C)c1C. The molecule has 2 heterocycles. The number of ether oxygens (including phenoxy) is 1. The van der Waals surface area contributed by atoms with E-state index in [1.165, 1.54) is 18.3 Å². The van der Waals surface area contributed by atoms with Crippen molar-refractivity contribution in [2.24, 2.45) is 0 Å². The van der Waals surface area contributed by atoms with E-state index in [2.05, 4.69) is 9.97 Å². The largest absolute Gasteiger partial charge is 0.453 e. The van der Waals surface area contributed by atoms with Gasteiger partial charge in [-0.15, -0.1) is 11.3 Å². The van der Waals surface area contributed by atoms with E-state index in [9.17, 15) is 14.4 Å². The summed E-state index contributed by atoms with van der Waals surface area (Å²) < 4.78 is 5.21. The molecular formula is C21H19ClN2O4S. The standard InChI is InChI=1S/C21H19ClN2O4S/c1-10-17(13(4)25)11(2)23-18(10)16(26)9-28-21(27)19-12(3)24-20(29-19)14-5-7-15(22)8-6-14/h5-8,23H,9H2,1-4H3.